The maximum Gasteiger partial charge on any atom is 0.190 e. The third kappa shape index (κ3) is 7.62. The van der Waals surface area contributed by atoms with E-state index in [4.69, 9.17) is 9.47 Å². The summed E-state index contributed by atoms with van der Waals surface area (Å²) in [7, 11) is 4.98. The molecule has 0 saturated carbocycles. The fourth-order valence-corrected chi connectivity index (χ4v) is 2.60. The smallest absolute Gasteiger partial charge is 0.190 e. The Morgan fingerprint density at radius 2 is 1.56 bits per heavy atom. The van der Waals surface area contributed by atoms with Crippen molar-refractivity contribution in [1.82, 2.24) is 10.6 Å². The molecule has 0 spiro atoms. The predicted molar refractivity (Wildman–Crippen MR) is 118 cm³/mol. The van der Waals surface area contributed by atoms with Gasteiger partial charge in [-0.1, -0.05) is 18.2 Å². The minimum Gasteiger partial charge on any atom is -0.493 e. The Labute approximate surface area is 177 Å². The van der Waals surface area contributed by atoms with E-state index in [2.05, 4.69) is 15.6 Å². The van der Waals surface area contributed by atoms with Crippen molar-refractivity contribution in [2.24, 2.45) is 4.99 Å². The minimum absolute atomic E-state index is 0. The number of benzene rings is 2. The molecule has 0 aliphatic rings. The van der Waals surface area contributed by atoms with E-state index in [1.165, 1.54) is 6.07 Å². The van der Waals surface area contributed by atoms with Gasteiger partial charge in [-0.05, 0) is 48.2 Å². The Bertz CT molecular complexity index is 741. The van der Waals surface area contributed by atoms with Gasteiger partial charge < -0.3 is 20.1 Å². The van der Waals surface area contributed by atoms with Gasteiger partial charge in [0.15, 0.2) is 17.5 Å². The molecule has 0 saturated heterocycles. The molecule has 0 fully saturated rings. The van der Waals surface area contributed by atoms with Crippen LogP contribution < -0.4 is 20.1 Å². The number of aliphatic imine (C=N–C) groups is 1. The van der Waals surface area contributed by atoms with Gasteiger partial charge in [0.05, 0.1) is 14.2 Å². The second-order valence-corrected chi connectivity index (χ2v) is 5.75. The molecule has 5 nitrogen and oxygen atoms in total. The Kier molecular flexibility index (Phi) is 10.5. The second-order valence-electron chi connectivity index (χ2n) is 5.75. The molecule has 0 amide bonds. The van der Waals surface area contributed by atoms with Crippen LogP contribution in [0.15, 0.2) is 47.5 Å². The van der Waals surface area contributed by atoms with E-state index in [-0.39, 0.29) is 29.8 Å². The third-order valence-electron chi connectivity index (χ3n) is 3.97. The van der Waals surface area contributed by atoms with Crippen molar-refractivity contribution in [3.05, 3.63) is 59.4 Å². The highest BCUT2D eigenvalue weighted by molar-refractivity contribution is 14.0. The van der Waals surface area contributed by atoms with E-state index < -0.39 is 0 Å². The first kappa shape index (κ1) is 23.0. The van der Waals surface area contributed by atoms with E-state index in [1.807, 2.05) is 24.3 Å². The van der Waals surface area contributed by atoms with Gasteiger partial charge in [-0.2, -0.15) is 0 Å². The van der Waals surface area contributed by atoms with Gasteiger partial charge in [0.2, 0.25) is 0 Å². The molecule has 2 N–H and O–H groups in total. The molecule has 0 aromatic heterocycles. The lowest BCUT2D eigenvalue weighted by Crippen LogP contribution is -2.39. The summed E-state index contributed by atoms with van der Waals surface area (Å²) in [6, 6.07) is 12.5. The van der Waals surface area contributed by atoms with Gasteiger partial charge in [0.1, 0.15) is 5.82 Å². The van der Waals surface area contributed by atoms with Gasteiger partial charge in [0.25, 0.3) is 0 Å². The maximum absolute atomic E-state index is 13.2. The molecule has 2 aromatic rings. The molecule has 0 aliphatic heterocycles. The number of guanidine groups is 1. The Morgan fingerprint density at radius 3 is 2.11 bits per heavy atom. The average molecular weight is 487 g/mol. The van der Waals surface area contributed by atoms with Crippen molar-refractivity contribution >= 4 is 29.9 Å². The lowest BCUT2D eigenvalue weighted by Gasteiger charge is -2.13. The highest BCUT2D eigenvalue weighted by Gasteiger charge is 2.05. The van der Waals surface area contributed by atoms with Crippen LogP contribution in [-0.2, 0) is 12.8 Å². The normalized spacial score (nSPS) is 10.7. The highest BCUT2D eigenvalue weighted by atomic mass is 127. The van der Waals surface area contributed by atoms with E-state index >= 15 is 0 Å². The van der Waals surface area contributed by atoms with Crippen molar-refractivity contribution in [2.75, 3.05) is 34.4 Å². The van der Waals surface area contributed by atoms with Crippen LogP contribution >= 0.6 is 24.0 Å². The van der Waals surface area contributed by atoms with Crippen LogP contribution in [0.2, 0.25) is 0 Å². The quantitative estimate of drug-likeness (QED) is 0.341. The zero-order valence-corrected chi connectivity index (χ0v) is 18.3. The van der Waals surface area contributed by atoms with Crippen LogP contribution in [0.25, 0.3) is 0 Å². The first-order valence-corrected chi connectivity index (χ1v) is 8.56. The van der Waals surface area contributed by atoms with Crippen LogP contribution in [0, 0.1) is 5.82 Å². The molecule has 0 aliphatic carbocycles. The Balaban J connectivity index is 0.00000364. The number of hydrogen-bond acceptors (Lipinski definition) is 3. The molecule has 0 heterocycles. The number of hydrogen-bond donors (Lipinski definition) is 2. The minimum atomic E-state index is -0.208. The summed E-state index contributed by atoms with van der Waals surface area (Å²) in [5, 5.41) is 6.51. The van der Waals surface area contributed by atoms with Crippen molar-refractivity contribution < 1.29 is 13.9 Å². The molecular weight excluding hydrogens is 460 g/mol. The van der Waals surface area contributed by atoms with Crippen LogP contribution in [0.5, 0.6) is 11.5 Å². The topological polar surface area (TPSA) is 54.9 Å². The zero-order chi connectivity index (χ0) is 18.8. The Morgan fingerprint density at radius 1 is 0.926 bits per heavy atom. The Hall–Kier alpha value is -2.03. The summed E-state index contributed by atoms with van der Waals surface area (Å²) < 4.78 is 23.7. The predicted octanol–water partition coefficient (Wildman–Crippen LogP) is 3.41. The van der Waals surface area contributed by atoms with Crippen molar-refractivity contribution in [2.45, 2.75) is 12.8 Å². The molecule has 0 radical (unpaired) electrons. The van der Waals surface area contributed by atoms with Crippen LogP contribution in [0.3, 0.4) is 0 Å². The van der Waals surface area contributed by atoms with Crippen molar-refractivity contribution in [3.8, 4) is 11.5 Å². The lowest BCUT2D eigenvalue weighted by molar-refractivity contribution is 0.354. The van der Waals surface area contributed by atoms with Gasteiger partial charge in [-0.3, -0.25) is 4.99 Å². The third-order valence-corrected chi connectivity index (χ3v) is 3.97. The number of nitrogens with zero attached hydrogens (tertiary/aromatic N) is 1. The molecule has 0 unspecified atom stereocenters. The fraction of sp³-hybridized carbons (Fsp3) is 0.350. The lowest BCUT2D eigenvalue weighted by atomic mass is 10.1. The first-order valence-electron chi connectivity index (χ1n) is 8.56. The molecule has 2 aromatic carbocycles. The van der Waals surface area contributed by atoms with Crippen molar-refractivity contribution in [3.63, 3.8) is 0 Å². The van der Waals surface area contributed by atoms with Gasteiger partial charge in [-0.25, -0.2) is 4.39 Å². The molecule has 0 bridgehead atoms. The summed E-state index contributed by atoms with van der Waals surface area (Å²) in [5.41, 5.74) is 2.10. The van der Waals surface area contributed by atoms with Crippen LogP contribution in [0.4, 0.5) is 4.39 Å². The van der Waals surface area contributed by atoms with Gasteiger partial charge in [-0.15, -0.1) is 24.0 Å². The standard InChI is InChI=1S/C20H26FN3O2.HI/c1-22-20(23-11-9-15-5-4-6-17(21)13-15)24-12-10-16-7-8-18(25-2)19(14-16)26-3;/h4-8,13-14H,9-12H2,1-3H3,(H2,22,23,24);1H. The first-order chi connectivity index (χ1) is 12.7. The maximum atomic E-state index is 13.2. The summed E-state index contributed by atoms with van der Waals surface area (Å²) >= 11 is 0. The highest BCUT2D eigenvalue weighted by Crippen LogP contribution is 2.27. The number of ether oxygens (including phenoxy) is 2. The van der Waals surface area contributed by atoms with E-state index in [1.54, 1.807) is 33.4 Å². The molecule has 27 heavy (non-hydrogen) atoms. The molecule has 7 heteroatoms. The van der Waals surface area contributed by atoms with Crippen LogP contribution in [0.1, 0.15) is 11.1 Å². The largest absolute Gasteiger partial charge is 0.493 e. The molecule has 0 atom stereocenters. The fourth-order valence-electron chi connectivity index (χ4n) is 2.60. The van der Waals surface area contributed by atoms with Gasteiger partial charge in [0, 0.05) is 20.1 Å². The van der Waals surface area contributed by atoms with Crippen LogP contribution in [-0.4, -0.2) is 40.3 Å². The second kappa shape index (κ2) is 12.4. The summed E-state index contributed by atoms with van der Waals surface area (Å²) in [4.78, 5) is 4.20. The summed E-state index contributed by atoms with van der Waals surface area (Å²) in [5.74, 6) is 1.96. The summed E-state index contributed by atoms with van der Waals surface area (Å²) in [6.45, 7) is 1.41. The van der Waals surface area contributed by atoms with E-state index in [9.17, 15) is 4.39 Å². The molecule has 148 valence electrons. The number of halogens is 2. The van der Waals surface area contributed by atoms with Crippen molar-refractivity contribution in [1.29, 1.82) is 0 Å². The van der Waals surface area contributed by atoms with Gasteiger partial charge >= 0.3 is 0 Å². The number of rotatable bonds is 8. The van der Waals surface area contributed by atoms with E-state index in [0.717, 1.165) is 48.0 Å². The zero-order valence-electron chi connectivity index (χ0n) is 15.9. The summed E-state index contributed by atoms with van der Waals surface area (Å²) in [6.07, 6.45) is 1.55. The number of methoxy groups -OCH3 is 2. The SMILES string of the molecule is CN=C(NCCc1cccc(F)c1)NCCc1ccc(OC)c(OC)c1.I. The average Bonchev–Trinajstić information content (AvgIpc) is 2.66. The van der Waals surface area contributed by atoms with E-state index in [0.29, 0.717) is 6.54 Å². The number of nitrogens with one attached hydrogen (secondary N) is 2. The molecule has 2 rings (SSSR count). The molecular formula is C20H27FIN3O2. The monoisotopic (exact) mass is 487 g/mol.